The topological polar surface area (TPSA) is 26.3 Å². The summed E-state index contributed by atoms with van der Waals surface area (Å²) >= 11 is 0. The fourth-order valence-corrected chi connectivity index (χ4v) is 2.08. The summed E-state index contributed by atoms with van der Waals surface area (Å²) in [4.78, 5) is 10.9. The quantitative estimate of drug-likeness (QED) is 0.710. The Labute approximate surface area is 95.9 Å². The normalized spacial score (nSPS) is 20.1. The van der Waals surface area contributed by atoms with Gasteiger partial charge in [-0.05, 0) is 36.5 Å². The number of carbonyl (C=O) groups excluding carboxylic acids is 1. The molecule has 1 aromatic rings. The molecule has 0 aliphatic heterocycles. The molecule has 2 nitrogen and oxygen atoms in total. The van der Waals surface area contributed by atoms with E-state index in [1.807, 2.05) is 18.2 Å². The number of allylic oxidation sites excluding steroid dienone is 1. The predicted octanol–water partition coefficient (Wildman–Crippen LogP) is 3.19. The Morgan fingerprint density at radius 1 is 1.31 bits per heavy atom. The molecule has 1 aliphatic rings. The van der Waals surface area contributed by atoms with E-state index in [0.717, 1.165) is 19.3 Å². The van der Waals surface area contributed by atoms with E-state index in [1.54, 1.807) is 0 Å². The maximum Gasteiger partial charge on any atom is 0.303 e. The van der Waals surface area contributed by atoms with Crippen molar-refractivity contribution in [3.05, 3.63) is 42.0 Å². The van der Waals surface area contributed by atoms with Crippen LogP contribution >= 0.6 is 0 Å². The number of hydrogen-bond acceptors (Lipinski definition) is 2. The highest BCUT2D eigenvalue weighted by Gasteiger charge is 2.16. The Morgan fingerprint density at radius 3 is 2.75 bits per heavy atom. The maximum atomic E-state index is 10.9. The first-order valence-corrected chi connectivity index (χ1v) is 5.69. The van der Waals surface area contributed by atoms with Crippen LogP contribution in [0.2, 0.25) is 0 Å². The van der Waals surface area contributed by atoms with E-state index in [-0.39, 0.29) is 12.1 Å². The minimum absolute atomic E-state index is 0.0403. The Morgan fingerprint density at radius 2 is 2.06 bits per heavy atom. The summed E-state index contributed by atoms with van der Waals surface area (Å²) in [6.07, 6.45) is 5.14. The van der Waals surface area contributed by atoms with Crippen molar-refractivity contribution in [1.82, 2.24) is 0 Å². The minimum Gasteiger partial charge on any atom is -0.458 e. The van der Waals surface area contributed by atoms with E-state index in [4.69, 9.17) is 4.74 Å². The molecule has 1 aromatic carbocycles. The summed E-state index contributed by atoms with van der Waals surface area (Å²) in [6, 6.07) is 10.3. The van der Waals surface area contributed by atoms with Crippen LogP contribution in [0.15, 0.2) is 36.4 Å². The second-order valence-electron chi connectivity index (χ2n) is 4.10. The maximum absolute atomic E-state index is 10.9. The molecule has 1 unspecified atom stereocenters. The van der Waals surface area contributed by atoms with Gasteiger partial charge in [0.2, 0.25) is 0 Å². The molecular weight excluding hydrogens is 200 g/mol. The molecule has 2 heteroatoms. The summed E-state index contributed by atoms with van der Waals surface area (Å²) in [5.41, 5.74) is 2.53. The van der Waals surface area contributed by atoms with Crippen molar-refractivity contribution >= 4 is 11.5 Å². The van der Waals surface area contributed by atoms with E-state index in [9.17, 15) is 4.79 Å². The average molecular weight is 216 g/mol. The van der Waals surface area contributed by atoms with Crippen LogP contribution in [0.5, 0.6) is 0 Å². The van der Waals surface area contributed by atoms with E-state index < -0.39 is 0 Å². The first-order valence-electron chi connectivity index (χ1n) is 5.69. The highest BCUT2D eigenvalue weighted by Crippen LogP contribution is 2.27. The zero-order chi connectivity index (χ0) is 11.4. The molecule has 1 atom stereocenters. The summed E-state index contributed by atoms with van der Waals surface area (Å²) < 4.78 is 5.23. The van der Waals surface area contributed by atoms with E-state index in [0.29, 0.717) is 0 Å². The van der Waals surface area contributed by atoms with Crippen LogP contribution in [0, 0.1) is 0 Å². The zero-order valence-corrected chi connectivity index (χ0v) is 9.48. The van der Waals surface area contributed by atoms with Crippen LogP contribution in [0.3, 0.4) is 0 Å². The van der Waals surface area contributed by atoms with Gasteiger partial charge in [0.05, 0.1) is 0 Å². The van der Waals surface area contributed by atoms with Gasteiger partial charge in [-0.1, -0.05) is 30.3 Å². The fourth-order valence-electron chi connectivity index (χ4n) is 2.08. The first kappa shape index (κ1) is 10.9. The first-order chi connectivity index (χ1) is 7.75. The number of rotatable bonds is 2. The molecule has 0 amide bonds. The highest BCUT2D eigenvalue weighted by molar-refractivity contribution is 5.69. The summed E-state index contributed by atoms with van der Waals surface area (Å²) in [5.74, 6) is -0.199. The van der Waals surface area contributed by atoms with Crippen molar-refractivity contribution in [1.29, 1.82) is 0 Å². The van der Waals surface area contributed by atoms with Crippen LogP contribution < -0.4 is 0 Å². The Bertz CT molecular complexity index is 392. The lowest BCUT2D eigenvalue weighted by molar-refractivity contribution is -0.144. The Kier molecular flexibility index (Phi) is 3.40. The van der Waals surface area contributed by atoms with Gasteiger partial charge in [0.25, 0.3) is 0 Å². The molecule has 2 rings (SSSR count). The molecular formula is C14H16O2. The predicted molar refractivity (Wildman–Crippen MR) is 63.8 cm³/mol. The molecule has 0 aromatic heterocycles. The van der Waals surface area contributed by atoms with Crippen LogP contribution in [0.25, 0.3) is 5.57 Å². The van der Waals surface area contributed by atoms with Crippen LogP contribution in [-0.4, -0.2) is 12.1 Å². The summed E-state index contributed by atoms with van der Waals surface area (Å²) in [5, 5.41) is 0. The molecule has 0 radical (unpaired) electrons. The second kappa shape index (κ2) is 4.97. The molecule has 0 saturated heterocycles. The Balaban J connectivity index is 2.15. The number of carbonyl (C=O) groups is 1. The zero-order valence-electron chi connectivity index (χ0n) is 9.48. The van der Waals surface area contributed by atoms with E-state index in [1.165, 1.54) is 18.1 Å². The third kappa shape index (κ3) is 2.72. The molecule has 0 spiro atoms. The van der Waals surface area contributed by atoms with Crippen molar-refractivity contribution in [3.8, 4) is 0 Å². The monoisotopic (exact) mass is 216 g/mol. The van der Waals surface area contributed by atoms with Crippen molar-refractivity contribution in [2.75, 3.05) is 0 Å². The molecule has 84 valence electrons. The van der Waals surface area contributed by atoms with Gasteiger partial charge < -0.3 is 4.74 Å². The summed E-state index contributed by atoms with van der Waals surface area (Å²) in [6.45, 7) is 1.46. The van der Waals surface area contributed by atoms with E-state index >= 15 is 0 Å². The Hall–Kier alpha value is -1.57. The third-order valence-corrected chi connectivity index (χ3v) is 2.78. The lowest BCUT2D eigenvalue weighted by Crippen LogP contribution is -2.17. The molecule has 0 saturated carbocycles. The highest BCUT2D eigenvalue weighted by atomic mass is 16.5. The van der Waals surface area contributed by atoms with Crippen molar-refractivity contribution < 1.29 is 9.53 Å². The van der Waals surface area contributed by atoms with Crippen molar-refractivity contribution in [2.45, 2.75) is 32.3 Å². The second-order valence-corrected chi connectivity index (χ2v) is 4.10. The van der Waals surface area contributed by atoms with Crippen LogP contribution in [-0.2, 0) is 9.53 Å². The molecule has 0 heterocycles. The SMILES string of the molecule is CC(=O)OC1C=C(c2ccccc2)CCC1. The number of ether oxygens (including phenoxy) is 1. The van der Waals surface area contributed by atoms with Crippen LogP contribution in [0.4, 0.5) is 0 Å². The molecule has 0 N–H and O–H groups in total. The van der Waals surface area contributed by atoms with Gasteiger partial charge >= 0.3 is 5.97 Å². The van der Waals surface area contributed by atoms with Gasteiger partial charge in [-0.3, -0.25) is 4.79 Å². The number of benzene rings is 1. The lowest BCUT2D eigenvalue weighted by atomic mass is 9.92. The minimum atomic E-state index is -0.199. The molecule has 1 aliphatic carbocycles. The van der Waals surface area contributed by atoms with Crippen molar-refractivity contribution in [3.63, 3.8) is 0 Å². The van der Waals surface area contributed by atoms with Gasteiger partial charge in [-0.25, -0.2) is 0 Å². The largest absolute Gasteiger partial charge is 0.458 e. The van der Waals surface area contributed by atoms with Gasteiger partial charge in [0.15, 0.2) is 0 Å². The smallest absolute Gasteiger partial charge is 0.303 e. The molecule has 16 heavy (non-hydrogen) atoms. The molecule has 0 bridgehead atoms. The van der Waals surface area contributed by atoms with Crippen molar-refractivity contribution in [2.24, 2.45) is 0 Å². The standard InChI is InChI=1S/C14H16O2/c1-11(15)16-14-9-5-8-13(10-14)12-6-3-2-4-7-12/h2-4,6-7,10,14H,5,8-9H2,1H3. The van der Waals surface area contributed by atoms with Gasteiger partial charge in [-0.2, -0.15) is 0 Å². The third-order valence-electron chi connectivity index (χ3n) is 2.78. The van der Waals surface area contributed by atoms with Gasteiger partial charge in [0.1, 0.15) is 6.10 Å². The average Bonchev–Trinajstić information content (AvgIpc) is 2.30. The number of esters is 1. The summed E-state index contributed by atoms with van der Waals surface area (Å²) in [7, 11) is 0. The molecule has 0 fully saturated rings. The van der Waals surface area contributed by atoms with E-state index in [2.05, 4.69) is 18.2 Å². The fraction of sp³-hybridized carbons (Fsp3) is 0.357. The van der Waals surface area contributed by atoms with Gasteiger partial charge in [0, 0.05) is 6.92 Å². The van der Waals surface area contributed by atoms with Crippen LogP contribution in [0.1, 0.15) is 31.7 Å². The van der Waals surface area contributed by atoms with Gasteiger partial charge in [-0.15, -0.1) is 0 Å². The number of hydrogen-bond donors (Lipinski definition) is 0. The lowest BCUT2D eigenvalue weighted by Gasteiger charge is -2.21.